The van der Waals surface area contributed by atoms with Gasteiger partial charge in [-0.1, -0.05) is 54.6 Å². The van der Waals surface area contributed by atoms with E-state index < -0.39 is 0 Å². The van der Waals surface area contributed by atoms with Crippen LogP contribution >= 0.6 is 0 Å². The zero-order chi connectivity index (χ0) is 17.2. The van der Waals surface area contributed by atoms with Gasteiger partial charge in [-0.05, 0) is 45.5 Å². The van der Waals surface area contributed by atoms with E-state index in [0.29, 0.717) is 0 Å². The Morgan fingerprint density at radius 3 is 2.52 bits per heavy atom. The molecule has 2 aromatic carbocycles. The van der Waals surface area contributed by atoms with Crippen molar-refractivity contribution in [2.45, 2.75) is 25.8 Å². The lowest BCUT2D eigenvalue weighted by atomic mass is 9.88. The lowest BCUT2D eigenvalue weighted by Gasteiger charge is -2.16. The van der Waals surface area contributed by atoms with E-state index in [4.69, 9.17) is 5.10 Å². The number of hydrogen-bond acceptors (Lipinski definition) is 2. The molecule has 0 amide bonds. The number of fused-ring (bicyclic) bond motifs is 3. The Kier molecular flexibility index (Phi) is 4.41. The summed E-state index contributed by atoms with van der Waals surface area (Å²) >= 11 is 0. The summed E-state index contributed by atoms with van der Waals surface area (Å²) in [5.41, 5.74) is 7.92. The van der Waals surface area contributed by atoms with Gasteiger partial charge >= 0.3 is 0 Å². The third kappa shape index (κ3) is 3.12. The van der Waals surface area contributed by atoms with Gasteiger partial charge in [0.15, 0.2) is 0 Å². The van der Waals surface area contributed by atoms with Gasteiger partial charge in [0.25, 0.3) is 0 Å². The Morgan fingerprint density at radius 1 is 0.960 bits per heavy atom. The van der Waals surface area contributed by atoms with Crippen molar-refractivity contribution in [2.24, 2.45) is 0 Å². The highest BCUT2D eigenvalue weighted by molar-refractivity contribution is 5.78. The van der Waals surface area contributed by atoms with E-state index in [1.165, 1.54) is 33.6 Å². The molecular formula is C22H25N3. The van der Waals surface area contributed by atoms with Crippen LogP contribution in [0.1, 0.15) is 17.5 Å². The molecule has 1 aliphatic rings. The molecule has 0 radical (unpaired) electrons. The first-order valence-corrected chi connectivity index (χ1v) is 9.12. The molecule has 3 nitrogen and oxygen atoms in total. The minimum Gasteiger partial charge on any atom is -0.309 e. The zero-order valence-electron chi connectivity index (χ0n) is 15.1. The van der Waals surface area contributed by atoms with Crippen molar-refractivity contribution < 1.29 is 0 Å². The van der Waals surface area contributed by atoms with E-state index in [9.17, 15) is 0 Å². The summed E-state index contributed by atoms with van der Waals surface area (Å²) in [6.45, 7) is 2.03. The minimum absolute atomic E-state index is 0.956. The van der Waals surface area contributed by atoms with E-state index >= 15 is 0 Å². The van der Waals surface area contributed by atoms with Crippen LogP contribution in [0.4, 0.5) is 0 Å². The molecule has 1 aromatic heterocycles. The average molecular weight is 331 g/mol. The van der Waals surface area contributed by atoms with Crippen LogP contribution in [0.25, 0.3) is 22.5 Å². The number of hydrogen-bond donors (Lipinski definition) is 0. The van der Waals surface area contributed by atoms with Gasteiger partial charge in [-0.3, -0.25) is 4.68 Å². The summed E-state index contributed by atoms with van der Waals surface area (Å²) < 4.78 is 2.24. The van der Waals surface area contributed by atoms with E-state index in [1.54, 1.807) is 0 Å². The first-order valence-electron chi connectivity index (χ1n) is 9.12. The highest BCUT2D eigenvalue weighted by Crippen LogP contribution is 2.38. The van der Waals surface area contributed by atoms with Crippen molar-refractivity contribution >= 4 is 0 Å². The number of nitrogens with zero attached hydrogens (tertiary/aromatic N) is 3. The highest BCUT2D eigenvalue weighted by atomic mass is 15.3. The first kappa shape index (κ1) is 16.1. The monoisotopic (exact) mass is 331 g/mol. The third-order valence-electron chi connectivity index (χ3n) is 4.99. The second kappa shape index (κ2) is 6.85. The molecule has 4 rings (SSSR count). The Balaban J connectivity index is 1.80. The van der Waals surface area contributed by atoms with Crippen LogP contribution in [0.2, 0.25) is 0 Å². The largest absolute Gasteiger partial charge is 0.309 e. The van der Waals surface area contributed by atoms with Gasteiger partial charge < -0.3 is 4.90 Å². The van der Waals surface area contributed by atoms with Crippen LogP contribution in [0.15, 0.2) is 54.6 Å². The molecule has 0 bridgehead atoms. The first-order chi connectivity index (χ1) is 12.2. The Morgan fingerprint density at radius 2 is 1.72 bits per heavy atom. The van der Waals surface area contributed by atoms with Crippen molar-refractivity contribution in [3.63, 3.8) is 0 Å². The number of aryl methyl sites for hydroxylation is 2. The summed E-state index contributed by atoms with van der Waals surface area (Å²) in [7, 11) is 4.25. The lowest BCUT2D eigenvalue weighted by Crippen LogP contribution is -2.15. The molecule has 25 heavy (non-hydrogen) atoms. The Labute approximate surface area is 149 Å². The average Bonchev–Trinajstić information content (AvgIpc) is 3.01. The molecule has 0 saturated carbocycles. The van der Waals surface area contributed by atoms with Crippen LogP contribution in [0.5, 0.6) is 0 Å². The van der Waals surface area contributed by atoms with Gasteiger partial charge in [-0.2, -0.15) is 5.10 Å². The normalized spacial score (nSPS) is 12.9. The minimum atomic E-state index is 0.956. The Bertz CT molecular complexity index is 862. The summed E-state index contributed by atoms with van der Waals surface area (Å²) in [5.74, 6) is 0. The highest BCUT2D eigenvalue weighted by Gasteiger charge is 2.25. The molecule has 3 heteroatoms. The quantitative estimate of drug-likeness (QED) is 0.696. The third-order valence-corrected chi connectivity index (χ3v) is 4.99. The van der Waals surface area contributed by atoms with E-state index in [1.807, 2.05) is 0 Å². The van der Waals surface area contributed by atoms with Gasteiger partial charge in [-0.25, -0.2) is 0 Å². The van der Waals surface area contributed by atoms with Crippen molar-refractivity contribution in [3.05, 3.63) is 65.7 Å². The summed E-state index contributed by atoms with van der Waals surface area (Å²) in [4.78, 5) is 2.24. The lowest BCUT2D eigenvalue weighted by molar-refractivity contribution is 0.381. The predicted molar refractivity (Wildman–Crippen MR) is 104 cm³/mol. The molecule has 3 aromatic rings. The summed E-state index contributed by atoms with van der Waals surface area (Å²) in [5, 5.41) is 5.06. The van der Waals surface area contributed by atoms with Gasteiger partial charge in [0, 0.05) is 23.2 Å². The fraction of sp³-hybridized carbons (Fsp3) is 0.318. The van der Waals surface area contributed by atoms with Crippen LogP contribution in [-0.2, 0) is 19.4 Å². The molecule has 0 aliphatic heterocycles. The maximum Gasteiger partial charge on any atom is 0.0964 e. The SMILES string of the molecule is CN(C)CCCn1nc2c(c1-c1ccccc1)CCc1ccccc1-2. The van der Waals surface area contributed by atoms with Gasteiger partial charge in [0.2, 0.25) is 0 Å². The van der Waals surface area contributed by atoms with Crippen molar-refractivity contribution in [2.75, 3.05) is 20.6 Å². The second-order valence-electron chi connectivity index (χ2n) is 7.08. The molecule has 0 N–H and O–H groups in total. The predicted octanol–water partition coefficient (Wildman–Crippen LogP) is 4.27. The standard InChI is InChI=1S/C22H25N3/c1-24(2)15-8-16-25-22(18-10-4-3-5-11-18)20-14-13-17-9-6-7-12-19(17)21(20)23-25/h3-7,9-12H,8,13-16H2,1-2H3. The molecule has 1 aliphatic carbocycles. The molecular weight excluding hydrogens is 306 g/mol. The van der Waals surface area contributed by atoms with Crippen LogP contribution in [0, 0.1) is 0 Å². The summed E-state index contributed by atoms with van der Waals surface area (Å²) in [6.07, 6.45) is 3.28. The molecule has 128 valence electrons. The fourth-order valence-corrected chi connectivity index (χ4v) is 3.80. The zero-order valence-corrected chi connectivity index (χ0v) is 15.1. The van der Waals surface area contributed by atoms with Gasteiger partial charge in [0.1, 0.15) is 0 Å². The van der Waals surface area contributed by atoms with E-state index in [2.05, 4.69) is 78.3 Å². The van der Waals surface area contributed by atoms with Crippen LogP contribution < -0.4 is 0 Å². The van der Waals surface area contributed by atoms with E-state index in [-0.39, 0.29) is 0 Å². The molecule has 0 atom stereocenters. The number of aromatic nitrogens is 2. The van der Waals surface area contributed by atoms with Crippen molar-refractivity contribution in [1.29, 1.82) is 0 Å². The van der Waals surface area contributed by atoms with Crippen LogP contribution in [0.3, 0.4) is 0 Å². The maximum atomic E-state index is 5.06. The number of rotatable bonds is 5. The summed E-state index contributed by atoms with van der Waals surface area (Å²) in [6, 6.07) is 19.5. The number of benzene rings is 2. The van der Waals surface area contributed by atoms with Crippen molar-refractivity contribution in [3.8, 4) is 22.5 Å². The van der Waals surface area contributed by atoms with E-state index in [0.717, 1.165) is 32.4 Å². The second-order valence-corrected chi connectivity index (χ2v) is 7.08. The van der Waals surface area contributed by atoms with Crippen molar-refractivity contribution in [1.82, 2.24) is 14.7 Å². The molecule has 0 fully saturated rings. The molecule has 0 saturated heterocycles. The van der Waals surface area contributed by atoms with Crippen LogP contribution in [-0.4, -0.2) is 35.3 Å². The maximum absolute atomic E-state index is 5.06. The fourth-order valence-electron chi connectivity index (χ4n) is 3.80. The van der Waals surface area contributed by atoms with Gasteiger partial charge in [0.05, 0.1) is 11.4 Å². The van der Waals surface area contributed by atoms with Gasteiger partial charge in [-0.15, -0.1) is 0 Å². The topological polar surface area (TPSA) is 21.1 Å². The molecule has 0 unspecified atom stereocenters. The Hall–Kier alpha value is -2.39. The smallest absolute Gasteiger partial charge is 0.0964 e. The molecule has 0 spiro atoms. The molecule has 1 heterocycles.